The van der Waals surface area contributed by atoms with Crippen LogP contribution < -0.4 is 10.5 Å². The molecule has 1 aromatic heterocycles. The summed E-state index contributed by atoms with van der Waals surface area (Å²) >= 11 is 2.97. The van der Waals surface area contributed by atoms with Crippen molar-refractivity contribution in [3.63, 3.8) is 0 Å². The molecule has 8 nitrogen and oxygen atoms in total. The van der Waals surface area contributed by atoms with Gasteiger partial charge in [-0.25, -0.2) is 17.8 Å². The maximum atomic E-state index is 11.7. The Labute approximate surface area is 100 Å². The van der Waals surface area contributed by atoms with Crippen molar-refractivity contribution in [1.82, 2.24) is 19.7 Å². The number of nitrogens with two attached hydrogens (primary N) is 1. The maximum absolute atomic E-state index is 11.7. The highest BCUT2D eigenvalue weighted by Gasteiger charge is 2.23. The fourth-order valence-corrected chi connectivity index (χ4v) is 3.11. The Bertz CT molecular complexity index is 477. The third-order valence-corrected chi connectivity index (χ3v) is 4.00. The largest absolute Gasteiger partial charge is 0.370 e. The summed E-state index contributed by atoms with van der Waals surface area (Å²) in [5.41, 5.74) is 4.89. The second kappa shape index (κ2) is 4.89. The molecule has 0 atom stereocenters. The lowest BCUT2D eigenvalue weighted by Crippen LogP contribution is -2.29. The van der Waals surface area contributed by atoms with Crippen LogP contribution in [0.3, 0.4) is 0 Å². The zero-order chi connectivity index (χ0) is 12.3. The smallest absolute Gasteiger partial charge is 0.260 e. The molecule has 1 amide bonds. The van der Waals surface area contributed by atoms with Crippen LogP contribution in [-0.2, 0) is 21.9 Å². The number of nitrogens with one attached hydrogen (secondary N) is 1. The molecule has 1 rings (SSSR count). The Balaban J connectivity index is 2.83. The number of aromatic nitrogens is 3. The third-order valence-electron chi connectivity index (χ3n) is 1.66. The summed E-state index contributed by atoms with van der Waals surface area (Å²) in [7, 11) is -2.30. The highest BCUT2D eigenvalue weighted by molar-refractivity contribution is 9.10. The van der Waals surface area contributed by atoms with Crippen LogP contribution in [0.4, 0.5) is 0 Å². The fourth-order valence-electron chi connectivity index (χ4n) is 0.985. The summed E-state index contributed by atoms with van der Waals surface area (Å²) < 4.78 is 26.9. The van der Waals surface area contributed by atoms with Gasteiger partial charge in [0.25, 0.3) is 10.0 Å². The first-order valence-electron chi connectivity index (χ1n) is 4.17. The minimum Gasteiger partial charge on any atom is -0.370 e. The maximum Gasteiger partial charge on any atom is 0.260 e. The minimum absolute atomic E-state index is 0.0602. The van der Waals surface area contributed by atoms with E-state index in [0.29, 0.717) is 0 Å². The normalized spacial score (nSPS) is 11.6. The van der Waals surface area contributed by atoms with Crippen LogP contribution in [0.5, 0.6) is 0 Å². The number of carbonyl (C=O) groups excluding carboxylic acids is 1. The van der Waals surface area contributed by atoms with Gasteiger partial charge >= 0.3 is 0 Å². The van der Waals surface area contributed by atoms with Gasteiger partial charge in [0.05, 0.1) is 0 Å². The van der Waals surface area contributed by atoms with E-state index in [9.17, 15) is 13.2 Å². The van der Waals surface area contributed by atoms with E-state index in [1.54, 1.807) is 0 Å². The standard InChI is InChI=1S/C6H10BrN5O3S/c1-12-6(5(7)10-11-12)16(14,15)9-3-2-4(8)13/h9H,2-3H2,1H3,(H2,8,13). The predicted octanol–water partition coefficient (Wildman–Crippen LogP) is -1.27. The molecule has 90 valence electrons. The molecule has 16 heavy (non-hydrogen) atoms. The van der Waals surface area contributed by atoms with E-state index in [1.165, 1.54) is 7.05 Å². The van der Waals surface area contributed by atoms with Crippen molar-refractivity contribution in [2.45, 2.75) is 11.4 Å². The Morgan fingerprint density at radius 3 is 2.69 bits per heavy atom. The van der Waals surface area contributed by atoms with Gasteiger partial charge < -0.3 is 5.73 Å². The van der Waals surface area contributed by atoms with E-state index in [2.05, 4.69) is 31.0 Å². The van der Waals surface area contributed by atoms with Gasteiger partial charge in [-0.05, 0) is 15.9 Å². The van der Waals surface area contributed by atoms with Crippen molar-refractivity contribution in [2.75, 3.05) is 6.54 Å². The van der Waals surface area contributed by atoms with E-state index in [4.69, 9.17) is 5.73 Å². The molecule has 0 fully saturated rings. The molecule has 0 unspecified atom stereocenters. The van der Waals surface area contributed by atoms with Gasteiger partial charge in [0.2, 0.25) is 10.9 Å². The van der Waals surface area contributed by atoms with E-state index in [1.807, 2.05) is 0 Å². The third kappa shape index (κ3) is 3.00. The van der Waals surface area contributed by atoms with Crippen LogP contribution in [0, 0.1) is 0 Å². The molecule has 0 aliphatic carbocycles. The van der Waals surface area contributed by atoms with Gasteiger partial charge in [-0.2, -0.15) is 0 Å². The highest BCUT2D eigenvalue weighted by Crippen LogP contribution is 2.17. The molecule has 0 saturated heterocycles. The molecule has 0 saturated carbocycles. The first-order chi connectivity index (χ1) is 7.34. The van der Waals surface area contributed by atoms with Crippen molar-refractivity contribution < 1.29 is 13.2 Å². The number of primary amides is 1. The Kier molecular flexibility index (Phi) is 3.99. The summed E-state index contributed by atoms with van der Waals surface area (Å²) in [6.45, 7) is -0.0602. The van der Waals surface area contributed by atoms with E-state index < -0.39 is 15.9 Å². The van der Waals surface area contributed by atoms with Gasteiger partial charge in [-0.15, -0.1) is 5.10 Å². The minimum atomic E-state index is -3.74. The van der Waals surface area contributed by atoms with E-state index in [-0.39, 0.29) is 22.6 Å². The molecule has 0 spiro atoms. The zero-order valence-electron chi connectivity index (χ0n) is 8.34. The number of nitrogens with zero attached hydrogens (tertiary/aromatic N) is 3. The monoisotopic (exact) mass is 311 g/mol. The van der Waals surface area contributed by atoms with E-state index in [0.717, 1.165) is 4.68 Å². The quantitative estimate of drug-likeness (QED) is 0.702. The SMILES string of the molecule is Cn1nnc(Br)c1S(=O)(=O)NCCC(N)=O. The van der Waals surface area contributed by atoms with Crippen LogP contribution in [-0.4, -0.2) is 35.9 Å². The fraction of sp³-hybridized carbons (Fsp3) is 0.500. The second-order valence-corrected chi connectivity index (χ2v) is 5.36. The van der Waals surface area contributed by atoms with Crippen LogP contribution in [0.15, 0.2) is 9.63 Å². The number of hydrogen-bond acceptors (Lipinski definition) is 5. The molecular formula is C6H10BrN5O3S. The molecule has 3 N–H and O–H groups in total. The van der Waals surface area contributed by atoms with Crippen LogP contribution in [0.2, 0.25) is 0 Å². The lowest BCUT2D eigenvalue weighted by Gasteiger charge is -2.05. The van der Waals surface area contributed by atoms with Gasteiger partial charge in [0, 0.05) is 20.0 Å². The van der Waals surface area contributed by atoms with Gasteiger partial charge in [0.15, 0.2) is 4.60 Å². The number of aryl methyl sites for hydroxylation is 1. The van der Waals surface area contributed by atoms with E-state index >= 15 is 0 Å². The van der Waals surface area contributed by atoms with Crippen LogP contribution in [0.25, 0.3) is 0 Å². The number of rotatable bonds is 5. The molecule has 0 aliphatic heterocycles. The molecule has 0 bridgehead atoms. The zero-order valence-corrected chi connectivity index (χ0v) is 10.7. The summed E-state index contributed by atoms with van der Waals surface area (Å²) in [6.07, 6.45) is -0.0673. The lowest BCUT2D eigenvalue weighted by atomic mass is 10.4. The lowest BCUT2D eigenvalue weighted by molar-refractivity contribution is -0.117. The second-order valence-electron chi connectivity index (χ2n) is 2.92. The summed E-state index contributed by atoms with van der Waals surface area (Å²) in [6, 6.07) is 0. The number of carbonyl (C=O) groups is 1. The predicted molar refractivity (Wildman–Crippen MR) is 57.7 cm³/mol. The van der Waals surface area contributed by atoms with Gasteiger partial charge in [-0.1, -0.05) is 5.21 Å². The summed E-state index contributed by atoms with van der Waals surface area (Å²) in [5, 5.41) is 6.98. The van der Waals surface area contributed by atoms with Crippen molar-refractivity contribution in [2.24, 2.45) is 12.8 Å². The molecule has 1 aromatic rings. The van der Waals surface area contributed by atoms with Crippen molar-refractivity contribution in [1.29, 1.82) is 0 Å². The number of amides is 1. The van der Waals surface area contributed by atoms with Crippen molar-refractivity contribution >= 4 is 31.9 Å². The average molecular weight is 312 g/mol. The Morgan fingerprint density at radius 2 is 2.25 bits per heavy atom. The average Bonchev–Trinajstić information content (AvgIpc) is 2.45. The molecule has 0 aliphatic rings. The molecule has 0 aromatic carbocycles. The first-order valence-corrected chi connectivity index (χ1v) is 6.45. The Morgan fingerprint density at radius 1 is 1.62 bits per heavy atom. The topological polar surface area (TPSA) is 120 Å². The van der Waals surface area contributed by atoms with Gasteiger partial charge in [0.1, 0.15) is 0 Å². The molecule has 0 radical (unpaired) electrons. The number of halogens is 1. The molecule has 1 heterocycles. The molecule has 10 heteroatoms. The number of hydrogen-bond donors (Lipinski definition) is 2. The van der Waals surface area contributed by atoms with Crippen LogP contribution in [0.1, 0.15) is 6.42 Å². The van der Waals surface area contributed by atoms with Crippen molar-refractivity contribution in [3.8, 4) is 0 Å². The highest BCUT2D eigenvalue weighted by atomic mass is 79.9. The first kappa shape index (κ1) is 13.1. The van der Waals surface area contributed by atoms with Crippen molar-refractivity contribution in [3.05, 3.63) is 4.60 Å². The Hall–Kier alpha value is -1.00. The van der Waals surface area contributed by atoms with Gasteiger partial charge in [-0.3, -0.25) is 4.79 Å². The molecular weight excluding hydrogens is 302 g/mol. The van der Waals surface area contributed by atoms with Crippen LogP contribution >= 0.6 is 15.9 Å². The summed E-state index contributed by atoms with van der Waals surface area (Å²) in [5.74, 6) is -0.579. The number of sulfonamides is 1. The summed E-state index contributed by atoms with van der Waals surface area (Å²) in [4.78, 5) is 10.5.